The van der Waals surface area contributed by atoms with Crippen LogP contribution in [0.1, 0.15) is 19.4 Å². The second kappa shape index (κ2) is 6.70. The van der Waals surface area contributed by atoms with Crippen molar-refractivity contribution in [3.05, 3.63) is 82.1 Å². The molecule has 0 aliphatic carbocycles. The molecule has 0 aromatic heterocycles. The van der Waals surface area contributed by atoms with Crippen LogP contribution in [0, 0.1) is 0 Å². The summed E-state index contributed by atoms with van der Waals surface area (Å²) in [5, 5.41) is 0.709. The van der Waals surface area contributed by atoms with Crippen LogP contribution in [-0.2, 0) is 6.54 Å². The van der Waals surface area contributed by atoms with E-state index >= 15 is 0 Å². The van der Waals surface area contributed by atoms with Crippen LogP contribution in [0.5, 0.6) is 11.5 Å². The highest BCUT2D eigenvalue weighted by Crippen LogP contribution is 2.41. The number of fused-ring (bicyclic) bond motifs is 1. The Balaban J connectivity index is 1.42. The van der Waals surface area contributed by atoms with Gasteiger partial charge in [-0.1, -0.05) is 35.5 Å². The smallest absolute Gasteiger partial charge is 0.158 e. The van der Waals surface area contributed by atoms with Crippen molar-refractivity contribution in [2.24, 2.45) is 0 Å². The van der Waals surface area contributed by atoms with Gasteiger partial charge in [0.25, 0.3) is 0 Å². The molecule has 2 aromatic rings. The molecule has 2 aliphatic rings. The fraction of sp³-hybridized carbons (Fsp3) is 0.200. The topological polar surface area (TPSA) is 15.7 Å². The van der Waals surface area contributed by atoms with E-state index in [1.165, 1.54) is 16.2 Å². The first-order valence-corrected chi connectivity index (χ1v) is 9.44. The van der Waals surface area contributed by atoms with E-state index in [1.54, 1.807) is 0 Å². The Morgan fingerprint density at radius 3 is 2.28 bits per heavy atom. The van der Waals surface area contributed by atoms with E-state index in [2.05, 4.69) is 48.2 Å². The Morgan fingerprint density at radius 1 is 0.960 bits per heavy atom. The van der Waals surface area contributed by atoms with Crippen LogP contribution in [0.15, 0.2) is 71.5 Å². The Labute approximate surface area is 157 Å². The molecule has 128 valence electrons. The molecule has 1 unspecified atom stereocenters. The van der Waals surface area contributed by atoms with E-state index in [0.717, 1.165) is 18.0 Å². The number of benzene rings is 2. The number of hydrogen-bond donors (Lipinski definition) is 0. The molecule has 2 aliphatic heterocycles. The molecule has 0 saturated heterocycles. The summed E-state index contributed by atoms with van der Waals surface area (Å²) in [5.74, 6) is 1.61. The summed E-state index contributed by atoms with van der Waals surface area (Å²) in [6, 6.07) is 15.7. The molecular weight excluding hydrogens is 352 g/mol. The van der Waals surface area contributed by atoms with Gasteiger partial charge in [0.1, 0.15) is 11.5 Å². The van der Waals surface area contributed by atoms with Crippen molar-refractivity contribution in [1.29, 1.82) is 0 Å². The minimum absolute atomic E-state index is 0.352. The molecule has 0 saturated carbocycles. The van der Waals surface area contributed by atoms with E-state index < -0.39 is 0 Å². The first-order valence-electron chi connectivity index (χ1n) is 8.18. The van der Waals surface area contributed by atoms with E-state index in [1.807, 2.05) is 48.2 Å². The molecule has 2 heterocycles. The number of rotatable bonds is 4. The summed E-state index contributed by atoms with van der Waals surface area (Å²) in [5.41, 5.74) is 2.91. The van der Waals surface area contributed by atoms with E-state index in [4.69, 9.17) is 16.3 Å². The third-order valence-corrected chi connectivity index (χ3v) is 5.70. The van der Waals surface area contributed by atoms with Crippen molar-refractivity contribution in [2.75, 3.05) is 0 Å². The van der Waals surface area contributed by atoms with Crippen molar-refractivity contribution in [2.45, 2.75) is 25.9 Å². The molecule has 4 rings (SSSR count). The zero-order valence-corrected chi connectivity index (χ0v) is 15.7. The quantitative estimate of drug-likeness (QED) is 0.655. The van der Waals surface area contributed by atoms with Crippen molar-refractivity contribution in [3.8, 4) is 11.5 Å². The Hall–Kier alpha value is -2.04. The van der Waals surface area contributed by atoms with Crippen LogP contribution in [-0.4, -0.2) is 15.3 Å². The Bertz CT molecular complexity index is 830. The average molecular weight is 371 g/mol. The molecule has 0 spiro atoms. The monoisotopic (exact) mass is 370 g/mol. The molecule has 1 atom stereocenters. The predicted octanol–water partition coefficient (Wildman–Crippen LogP) is 6.00. The lowest BCUT2D eigenvalue weighted by atomic mass is 10.2. The summed E-state index contributed by atoms with van der Waals surface area (Å²) < 4.78 is 5.86. The summed E-state index contributed by atoms with van der Waals surface area (Å²) in [6.45, 7) is 5.21. The standard InChI is InChI=1S/C20H19ClN2OS/c1-14-11-22-12-15(2)25-20(22)23(14)13-16-3-7-18(8-4-16)24-19-9-5-17(21)6-10-19/h3-12,20H,13H2,1-2H3. The van der Waals surface area contributed by atoms with Gasteiger partial charge in [-0.2, -0.15) is 0 Å². The predicted molar refractivity (Wildman–Crippen MR) is 104 cm³/mol. The van der Waals surface area contributed by atoms with Crippen molar-refractivity contribution in [3.63, 3.8) is 0 Å². The summed E-state index contributed by atoms with van der Waals surface area (Å²) >= 11 is 7.80. The van der Waals surface area contributed by atoms with Crippen LogP contribution in [0.2, 0.25) is 5.02 Å². The van der Waals surface area contributed by atoms with Gasteiger partial charge in [0, 0.05) is 34.6 Å². The number of allylic oxidation sites excluding steroid dienone is 2. The Morgan fingerprint density at radius 2 is 1.60 bits per heavy atom. The first kappa shape index (κ1) is 16.4. The van der Waals surface area contributed by atoms with Gasteiger partial charge in [0.05, 0.1) is 0 Å². The third kappa shape index (κ3) is 3.51. The van der Waals surface area contributed by atoms with Gasteiger partial charge < -0.3 is 14.5 Å². The second-order valence-electron chi connectivity index (χ2n) is 6.23. The van der Waals surface area contributed by atoms with Crippen molar-refractivity contribution in [1.82, 2.24) is 9.80 Å². The zero-order valence-electron chi connectivity index (χ0n) is 14.1. The van der Waals surface area contributed by atoms with Gasteiger partial charge in [0.2, 0.25) is 0 Å². The SMILES string of the molecule is CC1=CN2C=C(C)N(Cc3ccc(Oc4ccc(Cl)cc4)cc3)C2S1. The Kier molecular flexibility index (Phi) is 4.40. The van der Waals surface area contributed by atoms with Gasteiger partial charge in [0.15, 0.2) is 5.50 Å². The van der Waals surface area contributed by atoms with Crippen LogP contribution in [0.25, 0.3) is 0 Å². The largest absolute Gasteiger partial charge is 0.457 e. The number of hydrogen-bond acceptors (Lipinski definition) is 4. The van der Waals surface area contributed by atoms with Gasteiger partial charge in [-0.3, -0.25) is 0 Å². The molecule has 0 amide bonds. The number of thioether (sulfide) groups is 1. The lowest BCUT2D eigenvalue weighted by Crippen LogP contribution is -2.31. The van der Waals surface area contributed by atoms with E-state index in [-0.39, 0.29) is 0 Å². The van der Waals surface area contributed by atoms with Crippen LogP contribution in [0.4, 0.5) is 0 Å². The van der Waals surface area contributed by atoms with Crippen LogP contribution >= 0.6 is 23.4 Å². The summed E-state index contributed by atoms with van der Waals surface area (Å²) in [7, 11) is 0. The van der Waals surface area contributed by atoms with Crippen LogP contribution < -0.4 is 4.74 Å². The van der Waals surface area contributed by atoms with Crippen molar-refractivity contribution >= 4 is 23.4 Å². The number of halogens is 1. The maximum Gasteiger partial charge on any atom is 0.158 e. The maximum atomic E-state index is 5.90. The molecule has 2 aromatic carbocycles. The summed E-state index contributed by atoms with van der Waals surface area (Å²) in [4.78, 5) is 6.06. The molecule has 5 heteroatoms. The highest BCUT2D eigenvalue weighted by molar-refractivity contribution is 8.03. The molecule has 0 bridgehead atoms. The van der Waals surface area contributed by atoms with E-state index in [0.29, 0.717) is 10.5 Å². The fourth-order valence-corrected chi connectivity index (χ4v) is 4.27. The minimum Gasteiger partial charge on any atom is -0.457 e. The lowest BCUT2D eigenvalue weighted by molar-refractivity contribution is 0.263. The van der Waals surface area contributed by atoms with Gasteiger partial charge in [-0.15, -0.1) is 0 Å². The number of nitrogens with zero attached hydrogens (tertiary/aromatic N) is 2. The van der Waals surface area contributed by atoms with Gasteiger partial charge in [-0.25, -0.2) is 0 Å². The molecule has 0 fully saturated rings. The van der Waals surface area contributed by atoms with Gasteiger partial charge in [-0.05, 0) is 55.8 Å². The summed E-state index contributed by atoms with van der Waals surface area (Å²) in [6.07, 6.45) is 4.42. The van der Waals surface area contributed by atoms with Crippen molar-refractivity contribution < 1.29 is 4.74 Å². The second-order valence-corrected chi connectivity index (χ2v) is 7.97. The van der Waals surface area contributed by atoms with E-state index in [9.17, 15) is 0 Å². The first-order chi connectivity index (χ1) is 12.1. The zero-order chi connectivity index (χ0) is 17.4. The molecule has 3 nitrogen and oxygen atoms in total. The molecule has 25 heavy (non-hydrogen) atoms. The third-order valence-electron chi connectivity index (χ3n) is 4.26. The normalized spacial score (nSPS) is 18.9. The van der Waals surface area contributed by atoms with Crippen LogP contribution in [0.3, 0.4) is 0 Å². The maximum absolute atomic E-state index is 5.90. The number of ether oxygens (including phenoxy) is 1. The highest BCUT2D eigenvalue weighted by Gasteiger charge is 2.33. The minimum atomic E-state index is 0.352. The molecule has 0 N–H and O–H groups in total. The highest BCUT2D eigenvalue weighted by atomic mass is 35.5. The fourth-order valence-electron chi connectivity index (χ4n) is 3.02. The van der Waals surface area contributed by atoms with Gasteiger partial charge >= 0.3 is 0 Å². The molecular formula is C20H19ClN2OS. The average Bonchev–Trinajstić information content (AvgIpc) is 3.08. The lowest BCUT2D eigenvalue weighted by Gasteiger charge is -2.28. The molecule has 0 radical (unpaired) electrons.